The fourth-order valence-corrected chi connectivity index (χ4v) is 5.20. The maximum absolute atomic E-state index is 12.5. The molecule has 27 heavy (non-hydrogen) atoms. The molecule has 1 saturated carbocycles. The van der Waals surface area contributed by atoms with Crippen molar-refractivity contribution in [1.82, 2.24) is 0 Å². The number of rotatable bonds is 4. The molecule has 1 aromatic heterocycles. The standard InChI is InChI=1S/C21H23N3OS2/c1-14-7-8-15(2)16(12-14)22-18(25)13-27-20-19(17-6-5-11-26-17)23-21(24-20)9-3-4-10-21/h5-8,11-12H,3-4,9-10,13H2,1-2H3,(H,22,25). The minimum absolute atomic E-state index is 0.00528. The summed E-state index contributed by atoms with van der Waals surface area (Å²) in [4.78, 5) is 23.6. The predicted molar refractivity (Wildman–Crippen MR) is 116 cm³/mol. The Balaban J connectivity index is 1.47. The monoisotopic (exact) mass is 397 g/mol. The van der Waals surface area contributed by atoms with Crippen molar-refractivity contribution in [2.24, 2.45) is 9.98 Å². The molecule has 0 atom stereocenters. The van der Waals surface area contributed by atoms with Gasteiger partial charge in [-0.05, 0) is 68.2 Å². The Morgan fingerprint density at radius 3 is 2.78 bits per heavy atom. The summed E-state index contributed by atoms with van der Waals surface area (Å²) in [7, 11) is 0. The Hall–Kier alpha value is -1.92. The summed E-state index contributed by atoms with van der Waals surface area (Å²) in [5.41, 5.74) is 3.79. The smallest absolute Gasteiger partial charge is 0.234 e. The van der Waals surface area contributed by atoms with E-state index in [1.807, 2.05) is 32.0 Å². The third-order valence-electron chi connectivity index (χ3n) is 5.00. The molecule has 1 fully saturated rings. The van der Waals surface area contributed by atoms with Crippen LogP contribution in [0.5, 0.6) is 0 Å². The number of hydrogen-bond donors (Lipinski definition) is 1. The number of amides is 1. The van der Waals surface area contributed by atoms with E-state index in [4.69, 9.17) is 9.98 Å². The molecule has 1 aromatic carbocycles. The van der Waals surface area contributed by atoms with Crippen molar-refractivity contribution in [1.29, 1.82) is 0 Å². The minimum Gasteiger partial charge on any atom is -0.325 e. The van der Waals surface area contributed by atoms with E-state index in [1.54, 1.807) is 11.3 Å². The number of benzene rings is 1. The highest BCUT2D eigenvalue weighted by Crippen LogP contribution is 2.40. The SMILES string of the molecule is Cc1ccc(C)c(NC(=O)CSC2=NC3(CCCC3)N=C2c2cccs2)c1. The third-order valence-corrected chi connectivity index (χ3v) is 6.84. The van der Waals surface area contributed by atoms with Crippen molar-refractivity contribution in [3.63, 3.8) is 0 Å². The van der Waals surface area contributed by atoms with E-state index in [0.717, 1.165) is 45.3 Å². The number of anilines is 1. The molecule has 140 valence electrons. The maximum Gasteiger partial charge on any atom is 0.234 e. The summed E-state index contributed by atoms with van der Waals surface area (Å²) in [6.45, 7) is 4.04. The molecule has 6 heteroatoms. The van der Waals surface area contributed by atoms with Crippen LogP contribution in [0.15, 0.2) is 45.7 Å². The minimum atomic E-state index is -0.273. The van der Waals surface area contributed by atoms with E-state index < -0.39 is 0 Å². The normalized spacial score (nSPS) is 17.9. The molecular formula is C21H23N3OS2. The summed E-state index contributed by atoms with van der Waals surface area (Å²) >= 11 is 3.18. The van der Waals surface area contributed by atoms with Crippen LogP contribution in [0, 0.1) is 13.8 Å². The van der Waals surface area contributed by atoms with Crippen molar-refractivity contribution in [3.8, 4) is 0 Å². The highest BCUT2D eigenvalue weighted by molar-refractivity contribution is 8.16. The van der Waals surface area contributed by atoms with Gasteiger partial charge in [0.1, 0.15) is 10.8 Å². The van der Waals surface area contributed by atoms with Crippen molar-refractivity contribution < 1.29 is 4.79 Å². The molecule has 4 nitrogen and oxygen atoms in total. The average molecular weight is 398 g/mol. The van der Waals surface area contributed by atoms with E-state index in [2.05, 4.69) is 22.8 Å². The van der Waals surface area contributed by atoms with E-state index in [-0.39, 0.29) is 11.6 Å². The average Bonchev–Trinajstić information content (AvgIpc) is 3.38. The lowest BCUT2D eigenvalue weighted by Crippen LogP contribution is -2.18. The Morgan fingerprint density at radius 1 is 1.22 bits per heavy atom. The fraction of sp³-hybridized carbons (Fsp3) is 0.381. The molecule has 0 saturated heterocycles. The summed E-state index contributed by atoms with van der Waals surface area (Å²) in [6, 6.07) is 10.2. The number of carbonyl (C=O) groups excluding carboxylic acids is 1. The zero-order valence-electron chi connectivity index (χ0n) is 15.6. The van der Waals surface area contributed by atoms with Gasteiger partial charge in [0.2, 0.25) is 5.91 Å². The first-order valence-corrected chi connectivity index (χ1v) is 11.2. The summed E-state index contributed by atoms with van der Waals surface area (Å²) in [5, 5.41) is 6.01. The van der Waals surface area contributed by atoms with Crippen LogP contribution in [0.25, 0.3) is 0 Å². The van der Waals surface area contributed by atoms with E-state index >= 15 is 0 Å². The van der Waals surface area contributed by atoms with Gasteiger partial charge in [0.15, 0.2) is 5.66 Å². The van der Waals surface area contributed by atoms with Gasteiger partial charge in [-0.2, -0.15) is 0 Å². The van der Waals surface area contributed by atoms with Gasteiger partial charge >= 0.3 is 0 Å². The van der Waals surface area contributed by atoms with Gasteiger partial charge in [-0.3, -0.25) is 9.79 Å². The Labute approximate surface area is 168 Å². The number of nitrogens with one attached hydrogen (secondary N) is 1. The zero-order chi connectivity index (χ0) is 18.9. The van der Waals surface area contributed by atoms with Crippen LogP contribution in [0.2, 0.25) is 0 Å². The second-order valence-corrected chi connectivity index (χ2v) is 9.11. The van der Waals surface area contributed by atoms with Crippen LogP contribution in [-0.4, -0.2) is 28.1 Å². The molecule has 2 aliphatic rings. The topological polar surface area (TPSA) is 53.8 Å². The number of carbonyl (C=O) groups is 1. The molecule has 2 aromatic rings. The van der Waals surface area contributed by atoms with Crippen LogP contribution in [-0.2, 0) is 4.79 Å². The van der Waals surface area contributed by atoms with Crippen molar-refractivity contribution in [2.45, 2.75) is 45.2 Å². The van der Waals surface area contributed by atoms with Gasteiger partial charge in [-0.1, -0.05) is 30.0 Å². The molecule has 1 aliphatic heterocycles. The Bertz CT molecular complexity index is 910. The van der Waals surface area contributed by atoms with Crippen LogP contribution in [0.4, 0.5) is 5.69 Å². The number of thiophene rings is 1. The largest absolute Gasteiger partial charge is 0.325 e. The fourth-order valence-electron chi connectivity index (χ4n) is 3.55. The van der Waals surface area contributed by atoms with E-state index in [9.17, 15) is 4.79 Å². The lowest BCUT2D eigenvalue weighted by molar-refractivity contribution is -0.113. The molecule has 1 spiro atoms. The first-order valence-electron chi connectivity index (χ1n) is 9.29. The van der Waals surface area contributed by atoms with E-state index in [0.29, 0.717) is 5.75 Å². The van der Waals surface area contributed by atoms with Gasteiger partial charge in [-0.15, -0.1) is 11.3 Å². The summed E-state index contributed by atoms with van der Waals surface area (Å²) in [5.74, 6) is 0.335. The van der Waals surface area contributed by atoms with Crippen LogP contribution in [0.1, 0.15) is 41.7 Å². The zero-order valence-corrected chi connectivity index (χ0v) is 17.3. The molecule has 1 amide bonds. The van der Waals surface area contributed by atoms with Gasteiger partial charge < -0.3 is 5.32 Å². The molecule has 1 aliphatic carbocycles. The molecule has 4 rings (SSSR count). The summed E-state index contributed by atoms with van der Waals surface area (Å²) < 4.78 is 0. The second-order valence-electron chi connectivity index (χ2n) is 7.20. The highest BCUT2D eigenvalue weighted by Gasteiger charge is 2.39. The first-order chi connectivity index (χ1) is 13.0. The van der Waals surface area contributed by atoms with Gasteiger partial charge in [0, 0.05) is 5.69 Å². The van der Waals surface area contributed by atoms with Crippen LogP contribution < -0.4 is 5.32 Å². The van der Waals surface area contributed by atoms with Crippen molar-refractivity contribution in [3.05, 3.63) is 51.7 Å². The van der Waals surface area contributed by atoms with Gasteiger partial charge in [0.05, 0.1) is 10.6 Å². The quantitative estimate of drug-likeness (QED) is 0.770. The summed E-state index contributed by atoms with van der Waals surface area (Å²) in [6.07, 6.45) is 4.38. The lowest BCUT2D eigenvalue weighted by Gasteiger charge is -2.14. The molecule has 1 N–H and O–H groups in total. The van der Waals surface area contributed by atoms with Crippen molar-refractivity contribution in [2.75, 3.05) is 11.1 Å². The number of hydrogen-bond acceptors (Lipinski definition) is 5. The Kier molecular flexibility index (Phi) is 5.19. The lowest BCUT2D eigenvalue weighted by atomic mass is 10.1. The Morgan fingerprint density at radius 2 is 2.04 bits per heavy atom. The molecular weight excluding hydrogens is 374 g/mol. The number of thioether (sulfide) groups is 1. The number of aryl methyl sites for hydroxylation is 2. The maximum atomic E-state index is 12.5. The predicted octanol–water partition coefficient (Wildman–Crippen LogP) is 5.21. The first kappa shape index (κ1) is 18.4. The van der Waals surface area contributed by atoms with Crippen molar-refractivity contribution >= 4 is 45.4 Å². The van der Waals surface area contributed by atoms with Crippen LogP contribution >= 0.6 is 23.1 Å². The molecule has 0 radical (unpaired) electrons. The van der Waals surface area contributed by atoms with Gasteiger partial charge in [-0.25, -0.2) is 4.99 Å². The molecule has 2 heterocycles. The number of nitrogens with zero attached hydrogens (tertiary/aromatic N) is 2. The molecule has 0 unspecified atom stereocenters. The molecule has 0 bridgehead atoms. The van der Waals surface area contributed by atoms with Crippen LogP contribution in [0.3, 0.4) is 0 Å². The van der Waals surface area contributed by atoms with E-state index in [1.165, 1.54) is 24.6 Å². The number of aliphatic imine (C=N–C) groups is 2. The van der Waals surface area contributed by atoms with Gasteiger partial charge in [0.25, 0.3) is 0 Å². The highest BCUT2D eigenvalue weighted by atomic mass is 32.2. The third kappa shape index (κ3) is 4.01. The second kappa shape index (κ2) is 7.60.